The Kier molecular flexibility index (Phi) is 6.00. The molecule has 176 valence electrons. The van der Waals surface area contributed by atoms with E-state index in [-0.39, 0.29) is 18.5 Å². The molecular formula is C28H31N3O3. The number of amides is 3. The van der Waals surface area contributed by atoms with Crippen LogP contribution < -0.4 is 4.74 Å². The summed E-state index contributed by atoms with van der Waals surface area (Å²) >= 11 is 0. The second kappa shape index (κ2) is 9.11. The SMILES string of the molecule is CCN1C(=O)N(Cc2cccc(OC)c2)C(=O)C12CCN(Cc1ccc3ccccc3c1)CC2. The van der Waals surface area contributed by atoms with Gasteiger partial charge in [-0.2, -0.15) is 0 Å². The number of likely N-dealkylation sites (N-methyl/N-ethyl adjacent to an activating group) is 1. The Bertz CT molecular complexity index is 1220. The van der Waals surface area contributed by atoms with Crippen molar-refractivity contribution in [2.75, 3.05) is 26.7 Å². The van der Waals surface area contributed by atoms with Gasteiger partial charge in [0.2, 0.25) is 0 Å². The summed E-state index contributed by atoms with van der Waals surface area (Å²) in [6.07, 6.45) is 1.32. The maximum atomic E-state index is 13.6. The zero-order chi connectivity index (χ0) is 23.7. The number of benzene rings is 3. The molecule has 0 unspecified atom stereocenters. The van der Waals surface area contributed by atoms with Crippen molar-refractivity contribution in [2.24, 2.45) is 0 Å². The number of imide groups is 1. The molecule has 3 aromatic carbocycles. The Balaban J connectivity index is 1.30. The Morgan fingerprint density at radius 3 is 2.32 bits per heavy atom. The molecule has 0 radical (unpaired) electrons. The second-order valence-electron chi connectivity index (χ2n) is 9.26. The number of urea groups is 1. The van der Waals surface area contributed by atoms with Crippen molar-refractivity contribution in [2.45, 2.75) is 38.4 Å². The van der Waals surface area contributed by atoms with Crippen LogP contribution in [0.25, 0.3) is 10.8 Å². The highest BCUT2D eigenvalue weighted by atomic mass is 16.5. The van der Waals surface area contributed by atoms with Gasteiger partial charge in [-0.05, 0) is 59.9 Å². The van der Waals surface area contributed by atoms with Crippen molar-refractivity contribution in [1.82, 2.24) is 14.7 Å². The smallest absolute Gasteiger partial charge is 0.327 e. The Labute approximate surface area is 200 Å². The first-order valence-corrected chi connectivity index (χ1v) is 12.0. The van der Waals surface area contributed by atoms with Gasteiger partial charge in [-0.3, -0.25) is 14.6 Å². The number of piperidine rings is 1. The zero-order valence-electron chi connectivity index (χ0n) is 19.9. The fourth-order valence-electron chi connectivity index (χ4n) is 5.47. The van der Waals surface area contributed by atoms with Crippen molar-refractivity contribution in [3.05, 3.63) is 77.9 Å². The van der Waals surface area contributed by atoms with Crippen LogP contribution in [0.4, 0.5) is 4.79 Å². The molecule has 0 bridgehead atoms. The third-order valence-corrected chi connectivity index (χ3v) is 7.32. The minimum atomic E-state index is -0.732. The Hall–Kier alpha value is -3.38. The van der Waals surface area contributed by atoms with E-state index < -0.39 is 5.54 Å². The third-order valence-electron chi connectivity index (χ3n) is 7.32. The van der Waals surface area contributed by atoms with Gasteiger partial charge in [0.15, 0.2) is 0 Å². The highest BCUT2D eigenvalue weighted by molar-refractivity contribution is 6.07. The van der Waals surface area contributed by atoms with E-state index in [1.54, 1.807) is 12.0 Å². The van der Waals surface area contributed by atoms with Crippen LogP contribution in [0.2, 0.25) is 0 Å². The van der Waals surface area contributed by atoms with Gasteiger partial charge in [0.05, 0.1) is 13.7 Å². The Morgan fingerprint density at radius 2 is 1.59 bits per heavy atom. The van der Waals surface area contributed by atoms with Crippen molar-refractivity contribution < 1.29 is 14.3 Å². The highest BCUT2D eigenvalue weighted by Crippen LogP contribution is 2.38. The molecule has 2 saturated heterocycles. The van der Waals surface area contributed by atoms with Crippen LogP contribution in [0.15, 0.2) is 66.7 Å². The van der Waals surface area contributed by atoms with Gasteiger partial charge in [-0.1, -0.05) is 48.5 Å². The largest absolute Gasteiger partial charge is 0.497 e. The lowest BCUT2D eigenvalue weighted by atomic mass is 9.85. The predicted octanol–water partition coefficient (Wildman–Crippen LogP) is 4.67. The van der Waals surface area contributed by atoms with E-state index in [9.17, 15) is 9.59 Å². The summed E-state index contributed by atoms with van der Waals surface area (Å²) in [5, 5.41) is 2.49. The van der Waals surface area contributed by atoms with E-state index in [0.29, 0.717) is 19.4 Å². The number of hydrogen-bond donors (Lipinski definition) is 0. The summed E-state index contributed by atoms with van der Waals surface area (Å²) in [6, 6.07) is 22.4. The van der Waals surface area contributed by atoms with Crippen molar-refractivity contribution >= 4 is 22.7 Å². The number of ether oxygens (including phenoxy) is 1. The van der Waals surface area contributed by atoms with Gasteiger partial charge >= 0.3 is 6.03 Å². The fourth-order valence-corrected chi connectivity index (χ4v) is 5.47. The monoisotopic (exact) mass is 457 g/mol. The van der Waals surface area contributed by atoms with Crippen LogP contribution in [-0.2, 0) is 17.9 Å². The summed E-state index contributed by atoms with van der Waals surface area (Å²) in [6.45, 7) is 5.19. The third kappa shape index (κ3) is 3.92. The molecule has 3 aromatic rings. The number of methoxy groups -OCH3 is 1. The van der Waals surface area contributed by atoms with Gasteiger partial charge in [-0.15, -0.1) is 0 Å². The van der Waals surface area contributed by atoms with Gasteiger partial charge in [-0.25, -0.2) is 4.79 Å². The predicted molar refractivity (Wildman–Crippen MR) is 133 cm³/mol. The first-order valence-electron chi connectivity index (χ1n) is 12.0. The Morgan fingerprint density at radius 1 is 0.853 bits per heavy atom. The van der Waals surface area contributed by atoms with E-state index in [2.05, 4.69) is 47.4 Å². The molecule has 0 saturated carbocycles. The quantitative estimate of drug-likeness (QED) is 0.505. The minimum Gasteiger partial charge on any atom is -0.497 e. The highest BCUT2D eigenvalue weighted by Gasteiger charge is 2.57. The van der Waals surface area contributed by atoms with Crippen LogP contribution in [-0.4, -0.2) is 58.9 Å². The summed E-state index contributed by atoms with van der Waals surface area (Å²) in [7, 11) is 1.62. The molecule has 3 amide bonds. The number of rotatable bonds is 6. The fraction of sp³-hybridized carbons (Fsp3) is 0.357. The van der Waals surface area contributed by atoms with Crippen LogP contribution in [0.3, 0.4) is 0 Å². The van der Waals surface area contributed by atoms with Crippen LogP contribution in [0.1, 0.15) is 30.9 Å². The second-order valence-corrected chi connectivity index (χ2v) is 9.26. The van der Waals surface area contributed by atoms with Crippen LogP contribution in [0.5, 0.6) is 5.75 Å². The van der Waals surface area contributed by atoms with Crippen molar-refractivity contribution in [1.29, 1.82) is 0 Å². The zero-order valence-corrected chi connectivity index (χ0v) is 19.9. The van der Waals surface area contributed by atoms with Crippen molar-refractivity contribution in [3.63, 3.8) is 0 Å². The summed E-state index contributed by atoms with van der Waals surface area (Å²) in [5.41, 5.74) is 1.43. The van der Waals surface area contributed by atoms with Crippen LogP contribution >= 0.6 is 0 Å². The molecule has 2 heterocycles. The van der Waals surface area contributed by atoms with E-state index >= 15 is 0 Å². The molecule has 1 spiro atoms. The maximum Gasteiger partial charge on any atom is 0.327 e. The first-order chi connectivity index (χ1) is 16.5. The molecule has 2 aliphatic heterocycles. The van der Waals surface area contributed by atoms with Crippen molar-refractivity contribution in [3.8, 4) is 5.75 Å². The molecule has 0 aliphatic carbocycles. The number of carbonyl (C=O) groups is 2. The van der Waals surface area contributed by atoms with E-state index in [4.69, 9.17) is 4.74 Å². The maximum absolute atomic E-state index is 13.6. The van der Waals surface area contributed by atoms with Gasteiger partial charge in [0.1, 0.15) is 11.3 Å². The molecule has 2 fully saturated rings. The van der Waals surface area contributed by atoms with Gasteiger partial charge < -0.3 is 9.64 Å². The number of likely N-dealkylation sites (tertiary alicyclic amines) is 1. The summed E-state index contributed by atoms with van der Waals surface area (Å²) in [4.78, 5) is 32.5. The normalized spacial score (nSPS) is 18.3. The van der Waals surface area contributed by atoms with E-state index in [1.807, 2.05) is 31.2 Å². The summed E-state index contributed by atoms with van der Waals surface area (Å²) < 4.78 is 5.31. The van der Waals surface area contributed by atoms with E-state index in [1.165, 1.54) is 21.2 Å². The average molecular weight is 458 g/mol. The van der Waals surface area contributed by atoms with Crippen LogP contribution in [0, 0.1) is 0 Å². The minimum absolute atomic E-state index is 0.0625. The molecular weight excluding hydrogens is 426 g/mol. The average Bonchev–Trinajstić information content (AvgIpc) is 3.06. The lowest BCUT2D eigenvalue weighted by molar-refractivity contribution is -0.136. The molecule has 2 aliphatic rings. The lowest BCUT2D eigenvalue weighted by Crippen LogP contribution is -2.56. The number of hydrogen-bond acceptors (Lipinski definition) is 4. The molecule has 34 heavy (non-hydrogen) atoms. The number of fused-ring (bicyclic) bond motifs is 1. The molecule has 0 atom stereocenters. The topological polar surface area (TPSA) is 53.1 Å². The first kappa shape index (κ1) is 22.4. The molecule has 6 nitrogen and oxygen atoms in total. The van der Waals surface area contributed by atoms with Gasteiger partial charge in [0.25, 0.3) is 5.91 Å². The lowest BCUT2D eigenvalue weighted by Gasteiger charge is -2.42. The molecule has 6 heteroatoms. The summed E-state index contributed by atoms with van der Waals surface area (Å²) in [5.74, 6) is 0.660. The molecule has 0 N–H and O–H groups in total. The van der Waals surface area contributed by atoms with E-state index in [0.717, 1.165) is 30.9 Å². The number of carbonyl (C=O) groups excluding carboxylic acids is 2. The number of nitrogens with zero attached hydrogens (tertiary/aromatic N) is 3. The standard InChI is InChI=1S/C28H31N3O3/c1-3-31-27(33)30(20-21-7-6-10-25(18-21)34-2)26(32)28(31)13-15-29(16-14-28)19-22-11-12-23-8-4-5-9-24(23)17-22/h4-12,17-18H,3,13-16,19-20H2,1-2H3. The molecule has 0 aromatic heterocycles. The van der Waals surface area contributed by atoms with Gasteiger partial charge in [0, 0.05) is 26.2 Å². The molecule has 5 rings (SSSR count).